The van der Waals surface area contributed by atoms with Gasteiger partial charge in [0.05, 0.1) is 11.8 Å². The number of carbonyl (C=O) groups excluding carboxylic acids is 1. The van der Waals surface area contributed by atoms with Crippen LogP contribution in [-0.4, -0.2) is 37.8 Å². The molecule has 0 aliphatic carbocycles. The molecule has 1 amide bonds. The molecule has 0 radical (unpaired) electrons. The van der Waals surface area contributed by atoms with Gasteiger partial charge < -0.3 is 20.1 Å². The first-order valence-electron chi connectivity index (χ1n) is 9.10. The molecule has 25 heavy (non-hydrogen) atoms. The quantitative estimate of drug-likeness (QED) is 0.836. The van der Waals surface area contributed by atoms with E-state index in [2.05, 4.69) is 17.6 Å². The van der Waals surface area contributed by atoms with Crippen LogP contribution in [0.25, 0.3) is 0 Å². The third kappa shape index (κ3) is 5.87. The number of anilines is 1. The maximum absolute atomic E-state index is 12.6. The first kappa shape index (κ1) is 20.0. The lowest BCUT2D eigenvalue weighted by Crippen LogP contribution is -2.40. The monoisotopic (exact) mass is 368 g/mol. The predicted molar refractivity (Wildman–Crippen MR) is 102 cm³/mol. The van der Waals surface area contributed by atoms with Crippen molar-refractivity contribution in [1.29, 1.82) is 0 Å². The van der Waals surface area contributed by atoms with Crippen LogP contribution < -0.4 is 15.4 Å². The largest absolute Gasteiger partial charge is 0.489 e. The molecule has 0 bridgehead atoms. The van der Waals surface area contributed by atoms with Crippen molar-refractivity contribution in [2.45, 2.75) is 51.2 Å². The van der Waals surface area contributed by atoms with Crippen molar-refractivity contribution in [1.82, 2.24) is 5.32 Å². The predicted octanol–water partition coefficient (Wildman–Crippen LogP) is 3.38. The average Bonchev–Trinajstić information content (AvgIpc) is 2.62. The molecule has 0 aromatic heterocycles. The molecule has 1 aromatic carbocycles. The standard InChI is InChI=1S/C19H28N2O3.ClH/c1-14-12-15(9-10-20-14)19(22)21-17-7-2-3-8-18(17)24-13-16-6-4-5-11-23-16;/h2-3,7-8,14-16,20H,4-6,9-13H2,1H3,(H,21,22);1H/t14-,15-,16?;/m0./s1. The van der Waals surface area contributed by atoms with Crippen LogP contribution in [-0.2, 0) is 9.53 Å². The summed E-state index contributed by atoms with van der Waals surface area (Å²) in [7, 11) is 0. The molecule has 0 saturated carbocycles. The molecule has 2 fully saturated rings. The second kappa shape index (κ2) is 10.00. The molecule has 2 N–H and O–H groups in total. The number of benzene rings is 1. The number of amides is 1. The lowest BCUT2D eigenvalue weighted by atomic mass is 9.92. The second-order valence-corrected chi connectivity index (χ2v) is 6.86. The molecule has 0 spiro atoms. The Labute approximate surface area is 156 Å². The first-order valence-corrected chi connectivity index (χ1v) is 9.10. The summed E-state index contributed by atoms with van der Waals surface area (Å²) in [5.41, 5.74) is 0.754. The van der Waals surface area contributed by atoms with Gasteiger partial charge in [0.25, 0.3) is 0 Å². The zero-order valence-corrected chi connectivity index (χ0v) is 15.6. The van der Waals surface area contributed by atoms with Gasteiger partial charge in [-0.2, -0.15) is 0 Å². The summed E-state index contributed by atoms with van der Waals surface area (Å²) >= 11 is 0. The van der Waals surface area contributed by atoms with Crippen LogP contribution in [0.4, 0.5) is 5.69 Å². The molecule has 140 valence electrons. The SMILES string of the molecule is C[C@H]1C[C@@H](C(=O)Nc2ccccc2OCC2CCCCO2)CCN1.Cl. The summed E-state index contributed by atoms with van der Waals surface area (Å²) in [5, 5.41) is 6.44. The lowest BCUT2D eigenvalue weighted by molar-refractivity contribution is -0.120. The van der Waals surface area contributed by atoms with E-state index in [4.69, 9.17) is 9.47 Å². The highest BCUT2D eigenvalue weighted by Gasteiger charge is 2.25. The Morgan fingerprint density at radius 2 is 2.16 bits per heavy atom. The molecular weight excluding hydrogens is 340 g/mol. The molecular formula is C19H29ClN2O3. The van der Waals surface area contributed by atoms with E-state index in [-0.39, 0.29) is 30.3 Å². The minimum absolute atomic E-state index is 0. The Bertz CT molecular complexity index is 549. The second-order valence-electron chi connectivity index (χ2n) is 6.86. The topological polar surface area (TPSA) is 59.6 Å². The van der Waals surface area contributed by atoms with Crippen molar-refractivity contribution in [2.75, 3.05) is 25.1 Å². The number of para-hydroxylation sites is 2. The van der Waals surface area contributed by atoms with Crippen molar-refractivity contribution >= 4 is 24.0 Å². The van der Waals surface area contributed by atoms with Crippen LogP contribution in [0, 0.1) is 5.92 Å². The van der Waals surface area contributed by atoms with Gasteiger partial charge in [0, 0.05) is 18.6 Å². The van der Waals surface area contributed by atoms with Crippen LogP contribution >= 0.6 is 12.4 Å². The zero-order valence-electron chi connectivity index (χ0n) is 14.8. The van der Waals surface area contributed by atoms with Crippen LogP contribution in [0.5, 0.6) is 5.75 Å². The summed E-state index contributed by atoms with van der Waals surface area (Å²) in [6, 6.07) is 8.05. The van der Waals surface area contributed by atoms with E-state index in [1.165, 1.54) is 6.42 Å². The van der Waals surface area contributed by atoms with Crippen LogP contribution in [0.1, 0.15) is 39.0 Å². The van der Waals surface area contributed by atoms with Crippen LogP contribution in [0.15, 0.2) is 24.3 Å². The Hall–Kier alpha value is -1.30. The summed E-state index contributed by atoms with van der Waals surface area (Å²) in [4.78, 5) is 12.6. The highest BCUT2D eigenvalue weighted by Crippen LogP contribution is 2.27. The third-order valence-corrected chi connectivity index (χ3v) is 4.84. The van der Waals surface area contributed by atoms with Gasteiger partial charge >= 0.3 is 0 Å². The van der Waals surface area contributed by atoms with E-state index >= 15 is 0 Å². The highest BCUT2D eigenvalue weighted by molar-refractivity contribution is 5.94. The third-order valence-electron chi connectivity index (χ3n) is 4.84. The van der Waals surface area contributed by atoms with Gasteiger partial charge in [0.1, 0.15) is 12.4 Å². The number of halogens is 1. The van der Waals surface area contributed by atoms with Crippen molar-refractivity contribution in [2.24, 2.45) is 5.92 Å². The molecule has 6 heteroatoms. The molecule has 2 saturated heterocycles. The van der Waals surface area contributed by atoms with Crippen LogP contribution in [0.3, 0.4) is 0 Å². The van der Waals surface area contributed by atoms with Crippen molar-refractivity contribution in [3.05, 3.63) is 24.3 Å². The molecule has 2 heterocycles. The Balaban J connectivity index is 0.00000225. The molecule has 1 unspecified atom stereocenters. The van der Waals surface area contributed by atoms with E-state index < -0.39 is 0 Å². The summed E-state index contributed by atoms with van der Waals surface area (Å²) in [6.45, 7) is 4.38. The minimum Gasteiger partial charge on any atom is -0.489 e. The van der Waals surface area contributed by atoms with Gasteiger partial charge in [-0.1, -0.05) is 12.1 Å². The highest BCUT2D eigenvalue weighted by atomic mass is 35.5. The number of nitrogens with one attached hydrogen (secondary N) is 2. The zero-order chi connectivity index (χ0) is 16.8. The first-order chi connectivity index (χ1) is 11.7. The minimum atomic E-state index is 0. The van der Waals surface area contributed by atoms with Gasteiger partial charge in [-0.3, -0.25) is 4.79 Å². The van der Waals surface area contributed by atoms with Gasteiger partial charge in [-0.25, -0.2) is 0 Å². The summed E-state index contributed by atoms with van der Waals surface area (Å²) in [6.07, 6.45) is 5.30. The summed E-state index contributed by atoms with van der Waals surface area (Å²) in [5.74, 6) is 0.881. The fourth-order valence-electron chi connectivity index (χ4n) is 3.42. The van der Waals surface area contributed by atoms with Gasteiger partial charge in [0.2, 0.25) is 5.91 Å². The molecule has 2 aliphatic rings. The number of hydrogen-bond donors (Lipinski definition) is 2. The molecule has 1 aromatic rings. The molecule has 2 aliphatic heterocycles. The van der Waals surface area contributed by atoms with E-state index in [1.54, 1.807) is 0 Å². The normalized spacial score (nSPS) is 26.4. The van der Waals surface area contributed by atoms with Crippen LogP contribution in [0.2, 0.25) is 0 Å². The maximum atomic E-state index is 12.6. The number of rotatable bonds is 5. The fraction of sp³-hybridized carbons (Fsp3) is 0.632. The number of piperidine rings is 1. The van der Waals surface area contributed by atoms with Gasteiger partial charge in [0.15, 0.2) is 0 Å². The summed E-state index contributed by atoms with van der Waals surface area (Å²) < 4.78 is 11.6. The molecule has 3 rings (SSSR count). The molecule has 3 atom stereocenters. The van der Waals surface area contributed by atoms with E-state index in [1.807, 2.05) is 24.3 Å². The lowest BCUT2D eigenvalue weighted by Gasteiger charge is -2.27. The van der Waals surface area contributed by atoms with E-state index in [0.29, 0.717) is 12.6 Å². The van der Waals surface area contributed by atoms with Crippen molar-refractivity contribution < 1.29 is 14.3 Å². The number of hydrogen-bond acceptors (Lipinski definition) is 4. The Kier molecular flexibility index (Phi) is 8.00. The Morgan fingerprint density at radius 3 is 2.92 bits per heavy atom. The van der Waals surface area contributed by atoms with Gasteiger partial charge in [-0.15, -0.1) is 12.4 Å². The van der Waals surface area contributed by atoms with E-state index in [9.17, 15) is 4.79 Å². The Morgan fingerprint density at radius 1 is 1.32 bits per heavy atom. The van der Waals surface area contributed by atoms with Crippen molar-refractivity contribution in [3.63, 3.8) is 0 Å². The fourth-order valence-corrected chi connectivity index (χ4v) is 3.42. The number of ether oxygens (including phenoxy) is 2. The maximum Gasteiger partial charge on any atom is 0.227 e. The average molecular weight is 369 g/mol. The van der Waals surface area contributed by atoms with Crippen molar-refractivity contribution in [3.8, 4) is 5.75 Å². The molecule has 5 nitrogen and oxygen atoms in total. The smallest absolute Gasteiger partial charge is 0.227 e. The van der Waals surface area contributed by atoms with E-state index in [0.717, 1.165) is 50.3 Å². The number of carbonyl (C=O) groups is 1. The van der Waals surface area contributed by atoms with Gasteiger partial charge in [-0.05, 0) is 57.7 Å².